The van der Waals surface area contributed by atoms with Crippen LogP contribution in [0.2, 0.25) is 0 Å². The highest BCUT2D eigenvalue weighted by Crippen LogP contribution is 2.40. The molecule has 0 atom stereocenters. The smallest absolute Gasteiger partial charge is 0.243 e. The minimum Gasteiger partial charge on any atom is -0.383 e. The third-order valence-corrected chi connectivity index (χ3v) is 6.56. The van der Waals surface area contributed by atoms with Crippen molar-refractivity contribution < 1.29 is 9.90 Å². The first-order chi connectivity index (χ1) is 12.1. The monoisotopic (exact) mass is 343 g/mol. The number of piperidine rings is 1. The molecule has 2 saturated heterocycles. The molecule has 1 aromatic rings. The highest BCUT2D eigenvalue weighted by Gasteiger charge is 2.50. The third kappa shape index (κ3) is 2.97. The van der Waals surface area contributed by atoms with Crippen molar-refractivity contribution in [2.75, 3.05) is 26.2 Å². The molecule has 5 heteroatoms. The van der Waals surface area contributed by atoms with Crippen LogP contribution in [0.4, 0.5) is 0 Å². The molecule has 3 aliphatic rings. The number of carbonyl (C=O) groups is 1. The normalized spacial score (nSPS) is 26.0. The van der Waals surface area contributed by atoms with Gasteiger partial charge in [-0.1, -0.05) is 18.9 Å². The molecule has 1 saturated carbocycles. The van der Waals surface area contributed by atoms with E-state index in [1.165, 1.54) is 12.8 Å². The fourth-order valence-electron chi connectivity index (χ4n) is 5.04. The number of pyridine rings is 1. The van der Waals surface area contributed by atoms with E-state index in [4.69, 9.17) is 0 Å². The lowest BCUT2D eigenvalue weighted by Gasteiger charge is -2.44. The van der Waals surface area contributed by atoms with Crippen LogP contribution in [0.3, 0.4) is 0 Å². The van der Waals surface area contributed by atoms with Gasteiger partial charge in [-0.2, -0.15) is 0 Å². The fraction of sp³-hybridized carbons (Fsp3) is 0.700. The lowest BCUT2D eigenvalue weighted by molar-refractivity contribution is -0.148. The summed E-state index contributed by atoms with van der Waals surface area (Å²) < 4.78 is 0. The number of hydrogen-bond acceptors (Lipinski definition) is 4. The van der Waals surface area contributed by atoms with Crippen LogP contribution in [0.25, 0.3) is 0 Å². The van der Waals surface area contributed by atoms with E-state index in [0.717, 1.165) is 44.5 Å². The standard InChI is InChI=1S/C20H29N3O2/c24-18(19(8-2-3-9-19)23-13-5-6-14-23)22-15-10-20(25,11-16-22)17-7-1-4-12-21-17/h1,4,7,12,25H,2-3,5-6,8-11,13-16H2. The predicted octanol–water partition coefficient (Wildman–Crippen LogP) is 2.30. The molecule has 2 aliphatic heterocycles. The van der Waals surface area contributed by atoms with Gasteiger partial charge in [0.25, 0.3) is 0 Å². The molecule has 136 valence electrons. The number of hydrogen-bond donors (Lipinski definition) is 1. The molecule has 0 unspecified atom stereocenters. The summed E-state index contributed by atoms with van der Waals surface area (Å²) in [5, 5.41) is 11.0. The molecule has 0 radical (unpaired) electrons. The quantitative estimate of drug-likeness (QED) is 0.915. The van der Waals surface area contributed by atoms with Crippen LogP contribution in [-0.4, -0.2) is 57.5 Å². The first-order valence-corrected chi connectivity index (χ1v) is 9.82. The summed E-state index contributed by atoms with van der Waals surface area (Å²) >= 11 is 0. The Balaban J connectivity index is 1.47. The molecule has 1 aromatic heterocycles. The van der Waals surface area contributed by atoms with Gasteiger partial charge in [-0.05, 0) is 63.7 Å². The van der Waals surface area contributed by atoms with Crippen LogP contribution in [0, 0.1) is 0 Å². The van der Waals surface area contributed by atoms with E-state index in [-0.39, 0.29) is 5.54 Å². The Bertz CT molecular complexity index is 599. The second-order valence-electron chi connectivity index (χ2n) is 7.97. The molecular formula is C20H29N3O2. The molecule has 4 rings (SSSR count). The summed E-state index contributed by atoms with van der Waals surface area (Å²) in [6, 6.07) is 5.67. The number of rotatable bonds is 3. The van der Waals surface area contributed by atoms with Gasteiger partial charge in [0.1, 0.15) is 11.1 Å². The summed E-state index contributed by atoms with van der Waals surface area (Å²) in [6.45, 7) is 3.39. The van der Waals surface area contributed by atoms with Crippen LogP contribution >= 0.6 is 0 Å². The zero-order valence-electron chi connectivity index (χ0n) is 15.0. The fourth-order valence-corrected chi connectivity index (χ4v) is 5.04. The number of amides is 1. The van der Waals surface area contributed by atoms with Gasteiger partial charge in [0.2, 0.25) is 5.91 Å². The zero-order valence-corrected chi connectivity index (χ0v) is 15.0. The van der Waals surface area contributed by atoms with Crippen LogP contribution < -0.4 is 0 Å². The Kier molecular flexibility index (Phi) is 4.54. The topological polar surface area (TPSA) is 56.7 Å². The average Bonchev–Trinajstić information content (AvgIpc) is 3.35. The molecule has 0 aromatic carbocycles. The molecular weight excluding hydrogens is 314 g/mol. The maximum atomic E-state index is 13.4. The van der Waals surface area contributed by atoms with Crippen molar-refractivity contribution in [3.63, 3.8) is 0 Å². The summed E-state index contributed by atoms with van der Waals surface area (Å²) in [6.07, 6.45) is 9.65. The number of carbonyl (C=O) groups excluding carboxylic acids is 1. The van der Waals surface area contributed by atoms with Crippen molar-refractivity contribution in [3.05, 3.63) is 30.1 Å². The van der Waals surface area contributed by atoms with E-state index < -0.39 is 5.60 Å². The molecule has 1 aliphatic carbocycles. The van der Waals surface area contributed by atoms with Crippen LogP contribution in [0.5, 0.6) is 0 Å². The second-order valence-corrected chi connectivity index (χ2v) is 7.97. The molecule has 3 heterocycles. The molecule has 0 spiro atoms. The maximum absolute atomic E-state index is 13.4. The minimum atomic E-state index is -0.894. The average molecular weight is 343 g/mol. The van der Waals surface area contributed by atoms with Gasteiger partial charge < -0.3 is 10.0 Å². The van der Waals surface area contributed by atoms with Gasteiger partial charge in [-0.15, -0.1) is 0 Å². The number of nitrogens with zero attached hydrogens (tertiary/aromatic N) is 3. The summed E-state index contributed by atoms with van der Waals surface area (Å²) in [4.78, 5) is 22.3. The molecule has 3 fully saturated rings. The first kappa shape index (κ1) is 17.0. The van der Waals surface area contributed by atoms with E-state index in [1.807, 2.05) is 23.1 Å². The van der Waals surface area contributed by atoms with Crippen molar-refractivity contribution in [1.82, 2.24) is 14.8 Å². The molecule has 1 amide bonds. The minimum absolute atomic E-state index is 0.253. The van der Waals surface area contributed by atoms with Crippen molar-refractivity contribution in [2.45, 2.75) is 62.5 Å². The zero-order chi connectivity index (χ0) is 17.3. The molecule has 0 bridgehead atoms. The van der Waals surface area contributed by atoms with E-state index in [2.05, 4.69) is 9.88 Å². The number of likely N-dealkylation sites (tertiary alicyclic amines) is 2. The maximum Gasteiger partial charge on any atom is 0.243 e. The molecule has 5 nitrogen and oxygen atoms in total. The van der Waals surface area contributed by atoms with Gasteiger partial charge in [0.05, 0.1) is 5.69 Å². The third-order valence-electron chi connectivity index (χ3n) is 6.56. The van der Waals surface area contributed by atoms with Crippen molar-refractivity contribution >= 4 is 5.91 Å². The van der Waals surface area contributed by atoms with Crippen LogP contribution in [-0.2, 0) is 10.4 Å². The van der Waals surface area contributed by atoms with E-state index >= 15 is 0 Å². The van der Waals surface area contributed by atoms with E-state index in [1.54, 1.807) is 6.20 Å². The lowest BCUT2D eigenvalue weighted by Crippen LogP contribution is -2.59. The summed E-state index contributed by atoms with van der Waals surface area (Å²) in [7, 11) is 0. The van der Waals surface area contributed by atoms with Crippen molar-refractivity contribution in [1.29, 1.82) is 0 Å². The van der Waals surface area contributed by atoms with Crippen LogP contribution in [0.15, 0.2) is 24.4 Å². The van der Waals surface area contributed by atoms with Crippen LogP contribution in [0.1, 0.15) is 57.1 Å². The predicted molar refractivity (Wildman–Crippen MR) is 96.0 cm³/mol. The van der Waals surface area contributed by atoms with Gasteiger partial charge in [-0.3, -0.25) is 14.7 Å². The van der Waals surface area contributed by atoms with Gasteiger partial charge in [0.15, 0.2) is 0 Å². The second kappa shape index (κ2) is 6.69. The largest absolute Gasteiger partial charge is 0.383 e. The number of aromatic nitrogens is 1. The van der Waals surface area contributed by atoms with E-state index in [0.29, 0.717) is 31.8 Å². The van der Waals surface area contributed by atoms with Crippen molar-refractivity contribution in [2.24, 2.45) is 0 Å². The Morgan fingerprint density at radius 3 is 2.24 bits per heavy atom. The van der Waals surface area contributed by atoms with Gasteiger partial charge >= 0.3 is 0 Å². The Morgan fingerprint density at radius 2 is 1.64 bits per heavy atom. The van der Waals surface area contributed by atoms with Gasteiger partial charge in [0, 0.05) is 19.3 Å². The van der Waals surface area contributed by atoms with E-state index in [9.17, 15) is 9.90 Å². The molecule has 1 N–H and O–H groups in total. The summed E-state index contributed by atoms with van der Waals surface area (Å²) in [5.41, 5.74) is -0.414. The van der Waals surface area contributed by atoms with Gasteiger partial charge in [-0.25, -0.2) is 0 Å². The highest BCUT2D eigenvalue weighted by atomic mass is 16.3. The SMILES string of the molecule is O=C(N1CCC(O)(c2ccccn2)CC1)C1(N2CCCC2)CCCC1. The number of aliphatic hydroxyl groups is 1. The van der Waals surface area contributed by atoms with Crippen molar-refractivity contribution in [3.8, 4) is 0 Å². The molecule has 25 heavy (non-hydrogen) atoms. The lowest BCUT2D eigenvalue weighted by atomic mass is 9.86. The Morgan fingerprint density at radius 1 is 0.960 bits per heavy atom. The Hall–Kier alpha value is -1.46. The summed E-state index contributed by atoms with van der Waals surface area (Å²) in [5.74, 6) is 0.315. The highest BCUT2D eigenvalue weighted by molar-refractivity contribution is 5.87. The first-order valence-electron chi connectivity index (χ1n) is 9.82. The Labute approximate surface area is 150 Å².